The van der Waals surface area contributed by atoms with Crippen LogP contribution in [0.2, 0.25) is 0 Å². The van der Waals surface area contributed by atoms with Crippen molar-refractivity contribution in [3.8, 4) is 0 Å². The van der Waals surface area contributed by atoms with E-state index in [1.807, 2.05) is 0 Å². The molecule has 1 aromatic rings. The predicted molar refractivity (Wildman–Crippen MR) is 74.9 cm³/mol. The van der Waals surface area contributed by atoms with Crippen molar-refractivity contribution < 1.29 is 28.2 Å². The number of hydrogen-bond acceptors (Lipinski definition) is 6. The minimum atomic E-state index is -1.46. The molecule has 1 aromatic heterocycles. The van der Waals surface area contributed by atoms with Gasteiger partial charge in [-0.2, -0.15) is 0 Å². The number of hydrogen-bond donors (Lipinski definition) is 0. The second-order valence-corrected chi connectivity index (χ2v) is 5.30. The Morgan fingerprint density at radius 2 is 1.95 bits per heavy atom. The molecular formula is C15H13ClO6. The van der Waals surface area contributed by atoms with Gasteiger partial charge in [0.05, 0.1) is 36.7 Å². The molecule has 2 aliphatic rings. The highest BCUT2D eigenvalue weighted by molar-refractivity contribution is 6.33. The first-order chi connectivity index (χ1) is 10.5. The molecule has 0 saturated heterocycles. The van der Waals surface area contributed by atoms with Crippen molar-refractivity contribution in [2.75, 3.05) is 14.2 Å². The normalized spacial score (nSPS) is 26.6. The average molecular weight is 325 g/mol. The van der Waals surface area contributed by atoms with Crippen LogP contribution in [-0.2, 0) is 29.4 Å². The van der Waals surface area contributed by atoms with Gasteiger partial charge in [0, 0.05) is 0 Å². The average Bonchev–Trinajstić information content (AvgIpc) is 3.21. The second kappa shape index (κ2) is 5.00. The summed E-state index contributed by atoms with van der Waals surface area (Å²) >= 11 is 6.42. The number of halogens is 1. The van der Waals surface area contributed by atoms with Gasteiger partial charge in [-0.1, -0.05) is 11.6 Å². The Balaban J connectivity index is 2.31. The van der Waals surface area contributed by atoms with E-state index in [1.165, 1.54) is 20.5 Å². The van der Waals surface area contributed by atoms with Gasteiger partial charge in [0.15, 0.2) is 5.60 Å². The molecule has 3 heterocycles. The zero-order valence-electron chi connectivity index (χ0n) is 12.1. The highest BCUT2D eigenvalue weighted by Gasteiger charge is 2.63. The van der Waals surface area contributed by atoms with E-state index in [2.05, 4.69) is 0 Å². The van der Waals surface area contributed by atoms with Crippen molar-refractivity contribution in [3.05, 3.63) is 45.9 Å². The van der Waals surface area contributed by atoms with Crippen LogP contribution in [0, 0.1) is 0 Å². The van der Waals surface area contributed by atoms with Crippen LogP contribution in [0.25, 0.3) is 0 Å². The summed E-state index contributed by atoms with van der Waals surface area (Å²) in [5.41, 5.74) is -0.743. The number of fused-ring (bicyclic) bond motifs is 2. The summed E-state index contributed by atoms with van der Waals surface area (Å²) in [4.78, 5) is 24.4. The zero-order chi connectivity index (χ0) is 16.1. The lowest BCUT2D eigenvalue weighted by atomic mass is 9.82. The second-order valence-electron chi connectivity index (χ2n) is 4.93. The molecule has 0 aromatic carbocycles. The maximum atomic E-state index is 12.3. The van der Waals surface area contributed by atoms with Gasteiger partial charge in [0.1, 0.15) is 11.9 Å². The SMILES string of the molecule is COC(=O)C1=C(C(=O)OC)C2(c3ccco3)OC1C(C)=C2Cl. The molecule has 0 amide bonds. The van der Waals surface area contributed by atoms with E-state index in [0.29, 0.717) is 16.4 Å². The van der Waals surface area contributed by atoms with Gasteiger partial charge in [-0.25, -0.2) is 9.59 Å². The van der Waals surface area contributed by atoms with Gasteiger partial charge < -0.3 is 18.6 Å². The fourth-order valence-electron chi connectivity index (χ4n) is 2.92. The first-order valence-corrected chi connectivity index (χ1v) is 6.86. The fourth-order valence-corrected chi connectivity index (χ4v) is 3.25. The predicted octanol–water partition coefficient (Wildman–Crippen LogP) is 2.04. The molecule has 3 rings (SSSR count). The number of carbonyl (C=O) groups excluding carboxylic acids is 2. The lowest BCUT2D eigenvalue weighted by Gasteiger charge is -2.26. The van der Waals surface area contributed by atoms with Crippen LogP contribution in [0.15, 0.2) is 44.6 Å². The monoisotopic (exact) mass is 324 g/mol. The van der Waals surface area contributed by atoms with Crippen molar-refractivity contribution in [1.82, 2.24) is 0 Å². The summed E-state index contributed by atoms with van der Waals surface area (Å²) in [6, 6.07) is 3.27. The van der Waals surface area contributed by atoms with Crippen LogP contribution in [0.1, 0.15) is 12.7 Å². The van der Waals surface area contributed by atoms with E-state index in [4.69, 9.17) is 30.2 Å². The Bertz CT molecular complexity index is 714. The quantitative estimate of drug-likeness (QED) is 0.792. The summed E-state index contributed by atoms with van der Waals surface area (Å²) in [6.07, 6.45) is 0.671. The van der Waals surface area contributed by atoms with E-state index in [9.17, 15) is 9.59 Å². The Labute approximate surface area is 131 Å². The Morgan fingerprint density at radius 3 is 2.50 bits per heavy atom. The molecule has 0 aliphatic carbocycles. The van der Waals surface area contributed by atoms with Crippen LogP contribution in [0.4, 0.5) is 0 Å². The number of methoxy groups -OCH3 is 2. The Hall–Kier alpha value is -2.05. The zero-order valence-corrected chi connectivity index (χ0v) is 12.9. The molecule has 22 heavy (non-hydrogen) atoms. The molecule has 0 spiro atoms. The van der Waals surface area contributed by atoms with E-state index >= 15 is 0 Å². The van der Waals surface area contributed by atoms with Gasteiger partial charge in [0.2, 0.25) is 0 Å². The Morgan fingerprint density at radius 1 is 1.27 bits per heavy atom. The molecule has 0 N–H and O–H groups in total. The van der Waals surface area contributed by atoms with Gasteiger partial charge in [-0.15, -0.1) is 0 Å². The number of carbonyl (C=O) groups is 2. The summed E-state index contributed by atoms with van der Waals surface area (Å²) in [6.45, 7) is 1.73. The summed E-state index contributed by atoms with van der Waals surface area (Å²) < 4.78 is 20.9. The number of ether oxygens (including phenoxy) is 3. The van der Waals surface area contributed by atoms with E-state index in [-0.39, 0.29) is 11.1 Å². The summed E-state index contributed by atoms with van der Waals surface area (Å²) in [5.74, 6) is -1.08. The molecule has 2 aliphatic heterocycles. The molecule has 7 heteroatoms. The van der Waals surface area contributed by atoms with Crippen LogP contribution in [0.3, 0.4) is 0 Å². The van der Waals surface area contributed by atoms with Crippen molar-refractivity contribution in [2.24, 2.45) is 0 Å². The first kappa shape index (κ1) is 14.9. The summed E-state index contributed by atoms with van der Waals surface area (Å²) in [5, 5.41) is 0.292. The van der Waals surface area contributed by atoms with Crippen molar-refractivity contribution in [2.45, 2.75) is 18.6 Å². The van der Waals surface area contributed by atoms with Crippen LogP contribution in [-0.4, -0.2) is 32.3 Å². The minimum absolute atomic E-state index is 0.00241. The van der Waals surface area contributed by atoms with Crippen LogP contribution >= 0.6 is 11.6 Å². The molecule has 6 nitrogen and oxygen atoms in total. The fraction of sp³-hybridized carbons (Fsp3) is 0.333. The van der Waals surface area contributed by atoms with Crippen molar-refractivity contribution in [1.29, 1.82) is 0 Å². The molecule has 2 bridgehead atoms. The van der Waals surface area contributed by atoms with E-state index < -0.39 is 23.6 Å². The topological polar surface area (TPSA) is 75.0 Å². The van der Waals surface area contributed by atoms with E-state index in [0.717, 1.165) is 0 Å². The number of furan rings is 1. The maximum absolute atomic E-state index is 12.3. The third kappa shape index (κ3) is 1.65. The number of rotatable bonds is 3. The van der Waals surface area contributed by atoms with Gasteiger partial charge in [-0.3, -0.25) is 0 Å². The molecule has 2 unspecified atom stereocenters. The van der Waals surface area contributed by atoms with Crippen LogP contribution in [0.5, 0.6) is 0 Å². The molecular weight excluding hydrogens is 312 g/mol. The van der Waals surface area contributed by atoms with Crippen LogP contribution < -0.4 is 0 Å². The molecule has 0 fully saturated rings. The molecule has 0 saturated carbocycles. The molecule has 0 radical (unpaired) electrons. The van der Waals surface area contributed by atoms with Gasteiger partial charge in [-0.05, 0) is 24.6 Å². The highest BCUT2D eigenvalue weighted by Crippen LogP contribution is 2.58. The van der Waals surface area contributed by atoms with Gasteiger partial charge in [0.25, 0.3) is 0 Å². The standard InChI is InChI=1S/C15H13ClO6/c1-7-11-9(13(17)19-2)10(14(18)20-3)15(22-11,12(7)16)8-5-4-6-21-8/h4-6,11H,1-3H3. The summed E-state index contributed by atoms with van der Waals surface area (Å²) in [7, 11) is 2.45. The van der Waals surface area contributed by atoms with Crippen molar-refractivity contribution in [3.63, 3.8) is 0 Å². The third-order valence-electron chi connectivity index (χ3n) is 3.89. The largest absolute Gasteiger partial charge is 0.466 e. The first-order valence-electron chi connectivity index (χ1n) is 6.48. The minimum Gasteiger partial charge on any atom is -0.466 e. The smallest absolute Gasteiger partial charge is 0.338 e. The third-order valence-corrected chi connectivity index (χ3v) is 4.45. The molecule has 2 atom stereocenters. The van der Waals surface area contributed by atoms with E-state index in [1.54, 1.807) is 19.1 Å². The highest BCUT2D eigenvalue weighted by atomic mass is 35.5. The van der Waals surface area contributed by atoms with Gasteiger partial charge >= 0.3 is 11.9 Å². The number of esters is 2. The molecule has 116 valence electrons. The van der Waals surface area contributed by atoms with Crippen molar-refractivity contribution >= 4 is 23.5 Å². The lowest BCUT2D eigenvalue weighted by Crippen LogP contribution is -2.32. The lowest BCUT2D eigenvalue weighted by molar-refractivity contribution is -0.139. The Kier molecular flexibility index (Phi) is 3.38. The maximum Gasteiger partial charge on any atom is 0.338 e.